The summed E-state index contributed by atoms with van der Waals surface area (Å²) < 4.78 is 10.7. The van der Waals surface area contributed by atoms with Crippen molar-refractivity contribution in [1.82, 2.24) is 5.32 Å². The molecule has 0 spiro atoms. The Balaban J connectivity index is 1.71. The molecule has 1 saturated carbocycles. The van der Waals surface area contributed by atoms with Gasteiger partial charge in [-0.05, 0) is 75.8 Å². The van der Waals surface area contributed by atoms with E-state index in [0.717, 1.165) is 5.56 Å². The summed E-state index contributed by atoms with van der Waals surface area (Å²) in [5, 5.41) is 6.08. The van der Waals surface area contributed by atoms with E-state index in [4.69, 9.17) is 32.7 Å². The first-order valence-electron chi connectivity index (χ1n) is 13.5. The van der Waals surface area contributed by atoms with Gasteiger partial charge in [0.15, 0.2) is 0 Å². The maximum atomic E-state index is 13.5. The molecule has 2 aromatic carbocycles. The number of carbonyl (C=O) groups excluding carboxylic acids is 4. The Hall–Kier alpha value is -3.10. The highest BCUT2D eigenvalue weighted by atomic mass is 35.5. The normalized spacial score (nSPS) is 20.6. The molecule has 8 nitrogen and oxygen atoms in total. The van der Waals surface area contributed by atoms with E-state index in [1.165, 1.54) is 7.11 Å². The Morgan fingerprint density at radius 1 is 1.00 bits per heavy atom. The molecule has 0 aromatic heterocycles. The SMILES string of the molecule is COC(=O)[C@@H](Cc1ccc(NC(=O)c2c(Cl)cccc2Cl)cc1)NC(=O)C1CCC(C)(C(=O)OC(C)(C)C)C1(C)C. The second kappa shape index (κ2) is 12.4. The topological polar surface area (TPSA) is 111 Å². The van der Waals surface area contributed by atoms with E-state index in [1.807, 2.05) is 41.5 Å². The molecule has 1 aliphatic carbocycles. The van der Waals surface area contributed by atoms with Crippen molar-refractivity contribution in [3.05, 3.63) is 63.6 Å². The van der Waals surface area contributed by atoms with Gasteiger partial charge in [-0.3, -0.25) is 14.4 Å². The second-order valence-corrected chi connectivity index (χ2v) is 13.0. The molecule has 41 heavy (non-hydrogen) atoms. The maximum absolute atomic E-state index is 13.5. The zero-order valence-corrected chi connectivity index (χ0v) is 26.0. The summed E-state index contributed by atoms with van der Waals surface area (Å²) in [7, 11) is 1.26. The fraction of sp³-hybridized carbons (Fsp3) is 0.484. The van der Waals surface area contributed by atoms with Crippen LogP contribution in [0.1, 0.15) is 70.3 Å². The molecule has 2 N–H and O–H groups in total. The summed E-state index contributed by atoms with van der Waals surface area (Å²) in [4.78, 5) is 52.0. The van der Waals surface area contributed by atoms with E-state index in [-0.39, 0.29) is 33.9 Å². The first-order chi connectivity index (χ1) is 19.0. The Morgan fingerprint density at radius 3 is 2.12 bits per heavy atom. The van der Waals surface area contributed by atoms with E-state index in [1.54, 1.807) is 42.5 Å². The van der Waals surface area contributed by atoms with E-state index >= 15 is 0 Å². The molecule has 1 aliphatic rings. The summed E-state index contributed by atoms with van der Waals surface area (Å²) in [5.74, 6) is -2.21. The van der Waals surface area contributed by atoms with Gasteiger partial charge in [-0.25, -0.2) is 4.79 Å². The molecule has 0 bridgehead atoms. The van der Waals surface area contributed by atoms with Gasteiger partial charge in [0.25, 0.3) is 5.91 Å². The van der Waals surface area contributed by atoms with Crippen LogP contribution in [0.5, 0.6) is 0 Å². The summed E-state index contributed by atoms with van der Waals surface area (Å²) >= 11 is 12.3. The number of hydrogen-bond donors (Lipinski definition) is 2. The minimum atomic E-state index is -0.945. The molecule has 0 radical (unpaired) electrons. The van der Waals surface area contributed by atoms with Crippen LogP contribution in [0.25, 0.3) is 0 Å². The van der Waals surface area contributed by atoms with E-state index < -0.39 is 40.3 Å². The quantitative estimate of drug-likeness (QED) is 0.345. The van der Waals surface area contributed by atoms with Gasteiger partial charge in [0, 0.05) is 18.0 Å². The Labute approximate surface area is 251 Å². The molecular formula is C31H38Cl2N2O6. The van der Waals surface area contributed by atoms with Crippen molar-refractivity contribution in [3.8, 4) is 0 Å². The molecule has 222 valence electrons. The smallest absolute Gasteiger partial charge is 0.328 e. The second-order valence-electron chi connectivity index (χ2n) is 12.2. The molecular weight excluding hydrogens is 567 g/mol. The first kappa shape index (κ1) is 32.4. The minimum Gasteiger partial charge on any atom is -0.467 e. The fourth-order valence-corrected chi connectivity index (χ4v) is 5.76. The molecule has 0 saturated heterocycles. The van der Waals surface area contributed by atoms with Gasteiger partial charge >= 0.3 is 11.9 Å². The van der Waals surface area contributed by atoms with Gasteiger partial charge < -0.3 is 20.1 Å². The van der Waals surface area contributed by atoms with Gasteiger partial charge in [0.05, 0.1) is 28.1 Å². The number of hydrogen-bond acceptors (Lipinski definition) is 6. The molecule has 1 fully saturated rings. The number of benzene rings is 2. The molecule has 2 unspecified atom stereocenters. The monoisotopic (exact) mass is 604 g/mol. The molecule has 0 aliphatic heterocycles. The number of anilines is 1. The van der Waals surface area contributed by atoms with Gasteiger partial charge in [-0.2, -0.15) is 0 Å². The number of amides is 2. The van der Waals surface area contributed by atoms with Crippen molar-refractivity contribution in [1.29, 1.82) is 0 Å². The lowest BCUT2D eigenvalue weighted by atomic mass is 9.65. The molecule has 3 rings (SSSR count). The fourth-order valence-electron chi connectivity index (χ4n) is 5.19. The van der Waals surface area contributed by atoms with Crippen LogP contribution in [-0.4, -0.2) is 42.5 Å². The maximum Gasteiger partial charge on any atom is 0.328 e. The van der Waals surface area contributed by atoms with Crippen molar-refractivity contribution in [3.63, 3.8) is 0 Å². The third-order valence-corrected chi connectivity index (χ3v) is 8.67. The highest BCUT2D eigenvalue weighted by Gasteiger charge is 2.59. The van der Waals surface area contributed by atoms with E-state index in [0.29, 0.717) is 18.5 Å². The van der Waals surface area contributed by atoms with Crippen LogP contribution in [0, 0.1) is 16.7 Å². The third kappa shape index (κ3) is 7.22. The Kier molecular flexibility index (Phi) is 9.81. The van der Waals surface area contributed by atoms with Crippen molar-refractivity contribution in [2.24, 2.45) is 16.7 Å². The minimum absolute atomic E-state index is 0.166. The number of ether oxygens (including phenoxy) is 2. The van der Waals surface area contributed by atoms with Crippen molar-refractivity contribution < 1.29 is 28.7 Å². The highest BCUT2D eigenvalue weighted by Crippen LogP contribution is 2.57. The predicted octanol–water partition coefficient (Wildman–Crippen LogP) is 6.23. The molecule has 3 atom stereocenters. The highest BCUT2D eigenvalue weighted by molar-refractivity contribution is 6.40. The number of rotatable bonds is 8. The number of nitrogens with one attached hydrogen (secondary N) is 2. The lowest BCUT2D eigenvalue weighted by Crippen LogP contribution is -2.51. The molecule has 2 amide bonds. The molecule has 2 aromatic rings. The van der Waals surface area contributed by atoms with E-state index in [9.17, 15) is 19.2 Å². The van der Waals surface area contributed by atoms with Crippen molar-refractivity contribution >= 4 is 52.6 Å². The van der Waals surface area contributed by atoms with Crippen molar-refractivity contribution in [2.45, 2.75) is 72.4 Å². The van der Waals surface area contributed by atoms with Gasteiger partial charge in [-0.15, -0.1) is 0 Å². The number of carbonyl (C=O) groups is 4. The van der Waals surface area contributed by atoms with E-state index in [2.05, 4.69) is 10.6 Å². The van der Waals surface area contributed by atoms with Gasteiger partial charge in [0.1, 0.15) is 11.6 Å². The number of methoxy groups -OCH3 is 1. The molecule has 0 heterocycles. The van der Waals surface area contributed by atoms with Crippen molar-refractivity contribution in [2.75, 3.05) is 12.4 Å². The van der Waals surface area contributed by atoms with Gasteiger partial charge in [0.2, 0.25) is 5.91 Å². The molecule has 10 heteroatoms. The summed E-state index contributed by atoms with van der Waals surface area (Å²) in [5.41, 5.74) is -0.818. The standard InChI is InChI=1S/C31H38Cl2N2O6/c1-29(2,3)41-28(39)31(6)16-15-20(30(31,4)5)25(36)35-23(27(38)40-7)17-18-11-13-19(14-12-18)34-26(37)24-21(32)9-8-10-22(24)33/h8-14,20,23H,15-17H2,1-7H3,(H,34,37)(H,35,36)/t20?,23-,31?/m1/s1. The van der Waals surface area contributed by atoms with Crippen LogP contribution < -0.4 is 10.6 Å². The van der Waals surface area contributed by atoms with Gasteiger partial charge in [-0.1, -0.05) is 55.2 Å². The van der Waals surface area contributed by atoms with Crippen LogP contribution in [0.3, 0.4) is 0 Å². The number of esters is 2. The van der Waals surface area contributed by atoms with Crippen LogP contribution in [0.15, 0.2) is 42.5 Å². The summed E-state index contributed by atoms with van der Waals surface area (Å²) in [6.45, 7) is 11.1. The van der Waals surface area contributed by atoms with Crippen LogP contribution in [-0.2, 0) is 30.3 Å². The largest absolute Gasteiger partial charge is 0.467 e. The first-order valence-corrected chi connectivity index (χ1v) is 14.2. The van der Waals surface area contributed by atoms with Crippen LogP contribution >= 0.6 is 23.2 Å². The third-order valence-electron chi connectivity index (χ3n) is 8.04. The zero-order valence-electron chi connectivity index (χ0n) is 24.5. The lowest BCUT2D eigenvalue weighted by molar-refractivity contribution is -0.173. The Bertz CT molecular complexity index is 1300. The number of halogens is 2. The van der Waals surface area contributed by atoms with Crippen LogP contribution in [0.2, 0.25) is 10.0 Å². The average molecular weight is 606 g/mol. The average Bonchev–Trinajstić information content (AvgIpc) is 3.12. The predicted molar refractivity (Wildman–Crippen MR) is 159 cm³/mol. The summed E-state index contributed by atoms with van der Waals surface area (Å²) in [6, 6.07) is 10.7. The zero-order chi connectivity index (χ0) is 30.8. The summed E-state index contributed by atoms with van der Waals surface area (Å²) in [6.07, 6.45) is 1.13. The Morgan fingerprint density at radius 2 is 1.59 bits per heavy atom. The lowest BCUT2D eigenvalue weighted by Gasteiger charge is -2.40. The van der Waals surface area contributed by atoms with Crippen LogP contribution in [0.4, 0.5) is 5.69 Å².